The summed E-state index contributed by atoms with van der Waals surface area (Å²) in [7, 11) is 0. The molecule has 118 valence electrons. The van der Waals surface area contributed by atoms with Gasteiger partial charge in [0.15, 0.2) is 0 Å². The lowest BCUT2D eigenvalue weighted by Crippen LogP contribution is -2.19. The quantitative estimate of drug-likeness (QED) is 0.696. The molecule has 2 N–H and O–H groups in total. The zero-order valence-corrected chi connectivity index (χ0v) is 14.4. The van der Waals surface area contributed by atoms with Gasteiger partial charge in [-0.15, -0.1) is 0 Å². The summed E-state index contributed by atoms with van der Waals surface area (Å²) in [5, 5.41) is 20.2. The van der Waals surface area contributed by atoms with Gasteiger partial charge in [-0.3, -0.25) is 0 Å². The van der Waals surface area contributed by atoms with Crippen molar-refractivity contribution in [2.45, 2.75) is 52.4 Å². The molecular formula is C20H26O2. The van der Waals surface area contributed by atoms with E-state index in [1.165, 1.54) is 17.2 Å². The molecule has 0 radical (unpaired) electrons. The molecule has 0 spiro atoms. The Morgan fingerprint density at radius 3 is 1.68 bits per heavy atom. The Morgan fingerprint density at radius 2 is 1.23 bits per heavy atom. The van der Waals surface area contributed by atoms with Crippen molar-refractivity contribution in [2.24, 2.45) is 0 Å². The fraction of sp³-hybridized carbons (Fsp3) is 0.400. The fourth-order valence-electron chi connectivity index (χ4n) is 2.82. The summed E-state index contributed by atoms with van der Waals surface area (Å²) in [6, 6.07) is 11.0. The second-order valence-corrected chi connectivity index (χ2v) is 7.93. The molecular weight excluding hydrogens is 272 g/mol. The molecule has 0 amide bonds. The van der Waals surface area contributed by atoms with Crippen LogP contribution in [0.25, 0.3) is 11.1 Å². The highest BCUT2D eigenvalue weighted by Gasteiger charge is 2.27. The first-order valence-corrected chi connectivity index (χ1v) is 7.68. The molecule has 2 heteroatoms. The maximum absolute atomic E-state index is 10.4. The van der Waals surface area contributed by atoms with Crippen molar-refractivity contribution in [3.8, 4) is 22.6 Å². The number of aromatic hydroxyl groups is 2. The molecule has 0 aromatic heterocycles. The van der Waals surface area contributed by atoms with Crippen LogP contribution in [0.4, 0.5) is 0 Å². The van der Waals surface area contributed by atoms with Crippen LogP contribution in [0.2, 0.25) is 0 Å². The van der Waals surface area contributed by atoms with Crippen LogP contribution >= 0.6 is 0 Å². The van der Waals surface area contributed by atoms with Gasteiger partial charge in [0.1, 0.15) is 11.5 Å². The zero-order valence-electron chi connectivity index (χ0n) is 14.4. The van der Waals surface area contributed by atoms with Gasteiger partial charge in [-0.05, 0) is 45.7 Å². The summed E-state index contributed by atoms with van der Waals surface area (Å²) in [5.74, 6) is 0.358. The summed E-state index contributed by atoms with van der Waals surface area (Å²) in [5.41, 5.74) is 3.93. The van der Waals surface area contributed by atoms with E-state index in [9.17, 15) is 10.2 Å². The number of hydrogen-bond donors (Lipinski definition) is 2. The molecule has 0 aliphatic heterocycles. The largest absolute Gasteiger partial charge is 0.508 e. The average molecular weight is 298 g/mol. The van der Waals surface area contributed by atoms with E-state index in [4.69, 9.17) is 0 Å². The number of hydrogen-bond acceptors (Lipinski definition) is 2. The second kappa shape index (κ2) is 5.35. The summed E-state index contributed by atoms with van der Waals surface area (Å²) < 4.78 is 0. The van der Waals surface area contributed by atoms with Crippen molar-refractivity contribution in [3.05, 3.63) is 47.5 Å². The molecule has 2 aromatic rings. The van der Waals surface area contributed by atoms with Gasteiger partial charge in [0.05, 0.1) is 0 Å². The molecule has 0 aliphatic carbocycles. The zero-order chi connectivity index (χ0) is 16.7. The van der Waals surface area contributed by atoms with E-state index in [1.54, 1.807) is 12.1 Å². The van der Waals surface area contributed by atoms with Crippen molar-refractivity contribution >= 4 is 0 Å². The van der Waals surface area contributed by atoms with E-state index in [-0.39, 0.29) is 22.3 Å². The van der Waals surface area contributed by atoms with E-state index in [0.29, 0.717) is 5.56 Å². The molecule has 2 nitrogen and oxygen atoms in total. The van der Waals surface area contributed by atoms with Crippen LogP contribution in [-0.4, -0.2) is 10.2 Å². The Morgan fingerprint density at radius 1 is 0.727 bits per heavy atom. The highest BCUT2D eigenvalue weighted by molar-refractivity contribution is 5.79. The Balaban J connectivity index is 2.90. The van der Waals surface area contributed by atoms with Gasteiger partial charge in [-0.2, -0.15) is 0 Å². The highest BCUT2D eigenvalue weighted by atomic mass is 16.3. The SMILES string of the molecule is CC(C)(C)c1cccc(C(C)(C)C)c1-c1cc(O)ccc1O. The maximum atomic E-state index is 10.4. The molecule has 0 fully saturated rings. The molecule has 0 saturated carbocycles. The van der Waals surface area contributed by atoms with E-state index in [0.717, 1.165) is 5.56 Å². The normalized spacial score (nSPS) is 12.5. The van der Waals surface area contributed by atoms with Crippen molar-refractivity contribution in [3.63, 3.8) is 0 Å². The van der Waals surface area contributed by atoms with Gasteiger partial charge in [-0.1, -0.05) is 59.7 Å². The third-order valence-corrected chi connectivity index (χ3v) is 3.93. The number of rotatable bonds is 1. The summed E-state index contributed by atoms with van der Waals surface area (Å²) in [6.07, 6.45) is 0. The van der Waals surface area contributed by atoms with Crippen LogP contribution in [0, 0.1) is 0 Å². The van der Waals surface area contributed by atoms with Gasteiger partial charge >= 0.3 is 0 Å². The van der Waals surface area contributed by atoms with Crippen molar-refractivity contribution in [2.75, 3.05) is 0 Å². The minimum absolute atomic E-state index is 0.0610. The van der Waals surface area contributed by atoms with Crippen LogP contribution < -0.4 is 0 Å². The van der Waals surface area contributed by atoms with Crippen LogP contribution in [0.5, 0.6) is 11.5 Å². The minimum atomic E-state index is -0.0610. The van der Waals surface area contributed by atoms with Crippen LogP contribution in [0.3, 0.4) is 0 Å². The first kappa shape index (κ1) is 16.4. The smallest absolute Gasteiger partial charge is 0.123 e. The van der Waals surface area contributed by atoms with Gasteiger partial charge in [0.25, 0.3) is 0 Å². The standard InChI is InChI=1S/C20H26O2/c1-19(2,3)15-8-7-9-16(20(4,5)6)18(15)14-12-13(21)10-11-17(14)22/h7-12,21-22H,1-6H3. The Hall–Kier alpha value is -1.96. The van der Waals surface area contributed by atoms with Crippen molar-refractivity contribution in [1.29, 1.82) is 0 Å². The van der Waals surface area contributed by atoms with Crippen LogP contribution in [-0.2, 0) is 10.8 Å². The summed E-state index contributed by atoms with van der Waals surface area (Å²) >= 11 is 0. The van der Waals surface area contributed by atoms with Crippen molar-refractivity contribution < 1.29 is 10.2 Å². The monoisotopic (exact) mass is 298 g/mol. The van der Waals surface area contributed by atoms with E-state index in [1.807, 2.05) is 0 Å². The molecule has 0 bridgehead atoms. The van der Waals surface area contributed by atoms with Crippen LogP contribution in [0.15, 0.2) is 36.4 Å². The number of benzene rings is 2. The van der Waals surface area contributed by atoms with E-state index >= 15 is 0 Å². The summed E-state index contributed by atoms with van der Waals surface area (Å²) in [6.45, 7) is 13.0. The lowest BCUT2D eigenvalue weighted by atomic mass is 9.74. The molecule has 22 heavy (non-hydrogen) atoms. The number of phenolic OH excluding ortho intramolecular Hbond substituents is 2. The lowest BCUT2D eigenvalue weighted by Gasteiger charge is -2.30. The minimum Gasteiger partial charge on any atom is -0.508 e. The third kappa shape index (κ3) is 3.11. The topological polar surface area (TPSA) is 40.5 Å². The van der Waals surface area contributed by atoms with Gasteiger partial charge in [-0.25, -0.2) is 0 Å². The molecule has 0 atom stereocenters. The van der Waals surface area contributed by atoms with Crippen LogP contribution in [0.1, 0.15) is 52.7 Å². The third-order valence-electron chi connectivity index (χ3n) is 3.93. The Labute approximate surface area is 133 Å². The van der Waals surface area contributed by atoms with Gasteiger partial charge in [0.2, 0.25) is 0 Å². The predicted molar refractivity (Wildman–Crippen MR) is 92.6 cm³/mol. The predicted octanol–water partition coefficient (Wildman–Crippen LogP) is 5.36. The Bertz CT molecular complexity index is 654. The second-order valence-electron chi connectivity index (χ2n) is 7.93. The van der Waals surface area contributed by atoms with Gasteiger partial charge < -0.3 is 10.2 Å². The maximum Gasteiger partial charge on any atom is 0.123 e. The van der Waals surface area contributed by atoms with E-state index < -0.39 is 0 Å². The molecule has 2 rings (SSSR count). The fourth-order valence-corrected chi connectivity index (χ4v) is 2.82. The Kier molecular flexibility index (Phi) is 3.99. The first-order chi connectivity index (χ1) is 10.0. The molecule has 0 aliphatic rings. The first-order valence-electron chi connectivity index (χ1n) is 7.68. The highest BCUT2D eigenvalue weighted by Crippen LogP contribution is 2.44. The molecule has 2 aromatic carbocycles. The summed E-state index contributed by atoms with van der Waals surface area (Å²) in [4.78, 5) is 0. The molecule has 0 unspecified atom stereocenters. The van der Waals surface area contributed by atoms with Crippen molar-refractivity contribution in [1.82, 2.24) is 0 Å². The molecule has 0 saturated heterocycles. The van der Waals surface area contributed by atoms with Gasteiger partial charge in [0, 0.05) is 5.56 Å². The number of phenols is 2. The lowest BCUT2D eigenvalue weighted by molar-refractivity contribution is 0.461. The molecule has 0 heterocycles. The van der Waals surface area contributed by atoms with E-state index in [2.05, 4.69) is 59.7 Å². The average Bonchev–Trinajstić information content (AvgIpc) is 2.38.